The van der Waals surface area contributed by atoms with Gasteiger partial charge in [0.05, 0.1) is 6.54 Å². The quantitative estimate of drug-likeness (QED) is 0.762. The molecule has 0 aliphatic carbocycles. The molecule has 0 aliphatic rings. The Kier molecular flexibility index (Phi) is 8.18. The number of amides is 2. The summed E-state index contributed by atoms with van der Waals surface area (Å²) in [6.07, 6.45) is 2.21. The molecule has 2 amide bonds. The molecule has 122 valence electrons. The highest BCUT2D eigenvalue weighted by molar-refractivity contribution is 5.84. The van der Waals surface area contributed by atoms with Crippen LogP contribution in [0.3, 0.4) is 0 Å². The zero-order valence-corrected chi connectivity index (χ0v) is 13.4. The molecule has 1 aromatic carbocycles. The van der Waals surface area contributed by atoms with Crippen LogP contribution in [0.1, 0.15) is 38.7 Å². The molecule has 1 aromatic rings. The minimum atomic E-state index is -0.293. The van der Waals surface area contributed by atoms with E-state index in [1.165, 1.54) is 6.07 Å². The van der Waals surface area contributed by atoms with Gasteiger partial charge in [0.1, 0.15) is 5.82 Å². The molecule has 22 heavy (non-hydrogen) atoms. The van der Waals surface area contributed by atoms with Crippen LogP contribution < -0.4 is 5.32 Å². The third-order valence-electron chi connectivity index (χ3n) is 3.32. The molecule has 0 unspecified atom stereocenters. The van der Waals surface area contributed by atoms with Crippen molar-refractivity contribution >= 4 is 11.8 Å². The molecular weight excluding hydrogens is 283 g/mol. The van der Waals surface area contributed by atoms with Gasteiger partial charge in [-0.2, -0.15) is 0 Å². The number of carbonyl (C=O) groups excluding carboxylic acids is 2. The summed E-state index contributed by atoms with van der Waals surface area (Å²) in [5.41, 5.74) is 0.530. The van der Waals surface area contributed by atoms with Gasteiger partial charge in [-0.1, -0.05) is 32.0 Å². The molecular formula is C17H25FN2O2. The third kappa shape index (κ3) is 6.24. The number of hydrogen-bond acceptors (Lipinski definition) is 2. The smallest absolute Gasteiger partial charge is 0.239 e. The topological polar surface area (TPSA) is 49.4 Å². The highest BCUT2D eigenvalue weighted by Crippen LogP contribution is 2.10. The molecule has 0 heterocycles. The van der Waals surface area contributed by atoms with E-state index in [0.29, 0.717) is 25.1 Å². The van der Waals surface area contributed by atoms with Crippen LogP contribution in [0.25, 0.3) is 0 Å². The van der Waals surface area contributed by atoms with Gasteiger partial charge in [-0.3, -0.25) is 9.59 Å². The fourth-order valence-electron chi connectivity index (χ4n) is 2.16. The molecule has 0 saturated carbocycles. The first-order chi connectivity index (χ1) is 10.6. The van der Waals surface area contributed by atoms with Crippen molar-refractivity contribution in [3.63, 3.8) is 0 Å². The zero-order valence-electron chi connectivity index (χ0n) is 13.4. The molecule has 0 fully saturated rings. The third-order valence-corrected chi connectivity index (χ3v) is 3.32. The Balaban J connectivity index is 2.54. The highest BCUT2D eigenvalue weighted by Gasteiger charge is 2.16. The van der Waals surface area contributed by atoms with Gasteiger partial charge in [-0.05, 0) is 30.9 Å². The number of aryl methyl sites for hydroxylation is 1. The average Bonchev–Trinajstić information content (AvgIpc) is 2.51. The van der Waals surface area contributed by atoms with Gasteiger partial charge in [0.25, 0.3) is 0 Å². The minimum absolute atomic E-state index is 0.0734. The van der Waals surface area contributed by atoms with E-state index in [-0.39, 0.29) is 30.6 Å². The van der Waals surface area contributed by atoms with Crippen LogP contribution in [0.5, 0.6) is 0 Å². The number of nitrogens with one attached hydrogen (secondary N) is 1. The Morgan fingerprint density at radius 3 is 2.55 bits per heavy atom. The number of benzene rings is 1. The van der Waals surface area contributed by atoms with Crippen molar-refractivity contribution in [3.8, 4) is 0 Å². The second-order valence-electron chi connectivity index (χ2n) is 5.26. The van der Waals surface area contributed by atoms with Gasteiger partial charge >= 0.3 is 0 Å². The second kappa shape index (κ2) is 9.92. The number of carbonyl (C=O) groups is 2. The van der Waals surface area contributed by atoms with Crippen molar-refractivity contribution in [1.29, 1.82) is 0 Å². The number of rotatable bonds is 9. The Morgan fingerprint density at radius 1 is 1.18 bits per heavy atom. The highest BCUT2D eigenvalue weighted by atomic mass is 19.1. The van der Waals surface area contributed by atoms with E-state index >= 15 is 0 Å². The van der Waals surface area contributed by atoms with Crippen molar-refractivity contribution in [2.45, 2.75) is 39.5 Å². The van der Waals surface area contributed by atoms with E-state index in [9.17, 15) is 14.0 Å². The van der Waals surface area contributed by atoms with Gasteiger partial charge in [0.2, 0.25) is 11.8 Å². The zero-order chi connectivity index (χ0) is 16.4. The normalized spacial score (nSPS) is 10.3. The maximum Gasteiger partial charge on any atom is 0.239 e. The van der Waals surface area contributed by atoms with Gasteiger partial charge < -0.3 is 10.2 Å². The lowest BCUT2D eigenvalue weighted by atomic mass is 10.1. The number of halogens is 1. The van der Waals surface area contributed by atoms with Crippen LogP contribution >= 0.6 is 0 Å². The van der Waals surface area contributed by atoms with Crippen molar-refractivity contribution in [2.75, 3.05) is 19.6 Å². The average molecular weight is 308 g/mol. The standard InChI is InChI=1S/C17H25FN2O2/c1-3-11-19-16(21)13-20(12-4-2)17(22)10-9-14-7-5-6-8-15(14)18/h5-8H,3-4,9-13H2,1-2H3,(H,19,21). The van der Waals surface area contributed by atoms with E-state index in [2.05, 4.69) is 5.32 Å². The molecule has 0 radical (unpaired) electrons. The summed E-state index contributed by atoms with van der Waals surface area (Å²) >= 11 is 0. The lowest BCUT2D eigenvalue weighted by Crippen LogP contribution is -2.41. The molecule has 0 aromatic heterocycles. The first-order valence-electron chi connectivity index (χ1n) is 7.86. The summed E-state index contributed by atoms with van der Waals surface area (Å²) < 4.78 is 13.5. The molecule has 4 nitrogen and oxygen atoms in total. The summed E-state index contributed by atoms with van der Waals surface area (Å²) in [5.74, 6) is -0.552. The maximum atomic E-state index is 13.5. The van der Waals surface area contributed by atoms with Crippen molar-refractivity contribution in [3.05, 3.63) is 35.6 Å². The van der Waals surface area contributed by atoms with Gasteiger partial charge in [0.15, 0.2) is 0 Å². The molecule has 0 bridgehead atoms. The molecule has 1 rings (SSSR count). The van der Waals surface area contributed by atoms with E-state index < -0.39 is 0 Å². The van der Waals surface area contributed by atoms with Crippen LogP contribution in [0, 0.1) is 5.82 Å². The number of hydrogen-bond donors (Lipinski definition) is 1. The van der Waals surface area contributed by atoms with Crippen molar-refractivity contribution in [1.82, 2.24) is 10.2 Å². The van der Waals surface area contributed by atoms with Gasteiger partial charge in [-0.25, -0.2) is 4.39 Å². The van der Waals surface area contributed by atoms with Gasteiger partial charge in [-0.15, -0.1) is 0 Å². The summed E-state index contributed by atoms with van der Waals surface area (Å²) in [7, 11) is 0. The van der Waals surface area contributed by atoms with Crippen LogP contribution in [-0.2, 0) is 16.0 Å². The maximum absolute atomic E-state index is 13.5. The minimum Gasteiger partial charge on any atom is -0.355 e. The van der Waals surface area contributed by atoms with Gasteiger partial charge in [0, 0.05) is 19.5 Å². The molecule has 0 atom stereocenters. The van der Waals surface area contributed by atoms with Crippen LogP contribution in [-0.4, -0.2) is 36.3 Å². The van der Waals surface area contributed by atoms with Crippen molar-refractivity contribution in [2.24, 2.45) is 0 Å². The second-order valence-corrected chi connectivity index (χ2v) is 5.26. The summed E-state index contributed by atoms with van der Waals surface area (Å²) in [4.78, 5) is 25.6. The SMILES string of the molecule is CCCNC(=O)CN(CCC)C(=O)CCc1ccccc1F. The Hall–Kier alpha value is -1.91. The largest absolute Gasteiger partial charge is 0.355 e. The molecule has 0 aliphatic heterocycles. The first kappa shape index (κ1) is 18.1. The first-order valence-corrected chi connectivity index (χ1v) is 7.86. The lowest BCUT2D eigenvalue weighted by Gasteiger charge is -2.21. The predicted octanol–water partition coefficient (Wildman–Crippen LogP) is 2.52. The van der Waals surface area contributed by atoms with Crippen LogP contribution in [0.15, 0.2) is 24.3 Å². The Morgan fingerprint density at radius 2 is 1.91 bits per heavy atom. The monoisotopic (exact) mass is 308 g/mol. The predicted molar refractivity (Wildman–Crippen MR) is 84.9 cm³/mol. The van der Waals surface area contributed by atoms with E-state index in [0.717, 1.165) is 12.8 Å². The molecule has 0 saturated heterocycles. The summed E-state index contributed by atoms with van der Waals surface area (Å²) in [5, 5.41) is 2.77. The van der Waals surface area contributed by atoms with Crippen LogP contribution in [0.2, 0.25) is 0 Å². The summed E-state index contributed by atoms with van der Waals surface area (Å²) in [6.45, 7) is 5.16. The van der Waals surface area contributed by atoms with E-state index in [4.69, 9.17) is 0 Å². The lowest BCUT2D eigenvalue weighted by molar-refractivity contribution is -0.136. The fraction of sp³-hybridized carbons (Fsp3) is 0.529. The molecule has 1 N–H and O–H groups in total. The van der Waals surface area contributed by atoms with Crippen molar-refractivity contribution < 1.29 is 14.0 Å². The number of nitrogens with zero attached hydrogens (tertiary/aromatic N) is 1. The fourth-order valence-corrected chi connectivity index (χ4v) is 2.16. The van der Waals surface area contributed by atoms with Crippen LogP contribution in [0.4, 0.5) is 4.39 Å². The molecule has 0 spiro atoms. The van der Waals surface area contributed by atoms with E-state index in [1.54, 1.807) is 23.1 Å². The Bertz CT molecular complexity index is 491. The Labute approximate surface area is 131 Å². The molecule has 5 heteroatoms. The van der Waals surface area contributed by atoms with E-state index in [1.807, 2.05) is 13.8 Å². The summed E-state index contributed by atoms with van der Waals surface area (Å²) in [6, 6.07) is 6.45.